The van der Waals surface area contributed by atoms with E-state index in [1.807, 2.05) is 24.3 Å². The number of amidine groups is 1. The Morgan fingerprint density at radius 3 is 2.89 bits per heavy atom. The van der Waals surface area contributed by atoms with E-state index in [0.29, 0.717) is 0 Å². The molecule has 0 aliphatic heterocycles. The van der Waals surface area contributed by atoms with E-state index < -0.39 is 0 Å². The summed E-state index contributed by atoms with van der Waals surface area (Å²) in [5.41, 5.74) is 7.47. The third-order valence-corrected chi connectivity index (χ3v) is 2.92. The predicted molar refractivity (Wildman–Crippen MR) is 76.4 cm³/mol. The lowest BCUT2D eigenvalue weighted by molar-refractivity contribution is 0.186. The summed E-state index contributed by atoms with van der Waals surface area (Å²) in [5, 5.41) is 11.7. The second-order valence-corrected chi connectivity index (χ2v) is 4.62. The van der Waals surface area contributed by atoms with Gasteiger partial charge in [0.25, 0.3) is 0 Å². The molecule has 5 nitrogen and oxygen atoms in total. The summed E-state index contributed by atoms with van der Waals surface area (Å²) in [7, 11) is 3.81. The molecule has 5 heteroatoms. The van der Waals surface area contributed by atoms with Gasteiger partial charge in [-0.3, -0.25) is 0 Å². The molecule has 0 aliphatic rings. The number of benzene rings is 1. The third kappa shape index (κ3) is 5.72. The largest absolute Gasteiger partial charge is 0.409 e. The van der Waals surface area contributed by atoms with Crippen molar-refractivity contribution in [1.82, 2.24) is 4.90 Å². The minimum Gasteiger partial charge on any atom is -0.409 e. The number of hydrogen-bond donors (Lipinski definition) is 2. The number of unbranched alkanes of at least 4 members (excludes halogenated alkanes) is 1. The maximum Gasteiger partial charge on any atom is 0.170 e. The van der Waals surface area contributed by atoms with Crippen LogP contribution in [0.4, 0.5) is 0 Å². The molecule has 0 fully saturated rings. The van der Waals surface area contributed by atoms with Crippen molar-refractivity contribution >= 4 is 5.84 Å². The van der Waals surface area contributed by atoms with E-state index in [0.717, 1.165) is 43.7 Å². The molecule has 3 N–H and O–H groups in total. The van der Waals surface area contributed by atoms with Crippen LogP contribution in [-0.4, -0.2) is 43.3 Å². The average Bonchev–Trinajstić information content (AvgIpc) is 2.43. The van der Waals surface area contributed by atoms with Crippen molar-refractivity contribution in [3.8, 4) is 0 Å². The first-order chi connectivity index (χ1) is 9.17. The molecule has 0 unspecified atom stereocenters. The zero-order valence-corrected chi connectivity index (χ0v) is 11.7. The van der Waals surface area contributed by atoms with Crippen LogP contribution >= 0.6 is 0 Å². The molecule has 1 aromatic rings. The van der Waals surface area contributed by atoms with Gasteiger partial charge < -0.3 is 20.6 Å². The summed E-state index contributed by atoms with van der Waals surface area (Å²) in [6.07, 6.45) is 2.19. The molecular formula is C14H23N3O2. The molecule has 0 aliphatic carbocycles. The third-order valence-electron chi connectivity index (χ3n) is 2.92. The molecule has 0 atom stereocenters. The Hall–Kier alpha value is -1.59. The SMILES string of the molecule is COCCCCN(C)Cc1cccc(/C(N)=N/O)c1. The van der Waals surface area contributed by atoms with Crippen LogP contribution in [0.25, 0.3) is 0 Å². The zero-order chi connectivity index (χ0) is 14.1. The first-order valence-electron chi connectivity index (χ1n) is 6.41. The number of hydrogen-bond acceptors (Lipinski definition) is 4. The number of nitrogens with two attached hydrogens (primary N) is 1. The zero-order valence-electron chi connectivity index (χ0n) is 11.7. The van der Waals surface area contributed by atoms with Crippen LogP contribution in [-0.2, 0) is 11.3 Å². The molecule has 0 amide bonds. The quantitative estimate of drug-likeness (QED) is 0.246. The number of nitrogens with zero attached hydrogens (tertiary/aromatic N) is 2. The van der Waals surface area contributed by atoms with Crippen LogP contribution in [0.5, 0.6) is 0 Å². The Morgan fingerprint density at radius 1 is 1.42 bits per heavy atom. The monoisotopic (exact) mass is 265 g/mol. The van der Waals surface area contributed by atoms with Crippen molar-refractivity contribution in [2.75, 3.05) is 27.3 Å². The Labute approximate surface area is 114 Å². The topological polar surface area (TPSA) is 71.1 Å². The van der Waals surface area contributed by atoms with E-state index in [4.69, 9.17) is 15.7 Å². The standard InChI is InChI=1S/C14H23N3O2/c1-17(8-3-4-9-19-2)11-12-6-5-7-13(10-12)14(15)16-18/h5-7,10,18H,3-4,8-9,11H2,1-2H3,(H2,15,16). The van der Waals surface area contributed by atoms with Crippen LogP contribution in [0.3, 0.4) is 0 Å². The van der Waals surface area contributed by atoms with Gasteiger partial charge in [-0.15, -0.1) is 0 Å². The number of ether oxygens (including phenoxy) is 1. The van der Waals surface area contributed by atoms with Crippen LogP contribution in [0.2, 0.25) is 0 Å². The Balaban J connectivity index is 2.48. The maximum atomic E-state index is 8.67. The van der Waals surface area contributed by atoms with Gasteiger partial charge in [0.2, 0.25) is 0 Å². The highest BCUT2D eigenvalue weighted by atomic mass is 16.5. The van der Waals surface area contributed by atoms with Gasteiger partial charge in [0.05, 0.1) is 0 Å². The summed E-state index contributed by atoms with van der Waals surface area (Å²) in [6, 6.07) is 7.74. The van der Waals surface area contributed by atoms with Crippen LogP contribution < -0.4 is 5.73 Å². The highest BCUT2D eigenvalue weighted by Gasteiger charge is 2.03. The average molecular weight is 265 g/mol. The van der Waals surface area contributed by atoms with Gasteiger partial charge in [-0.05, 0) is 38.1 Å². The van der Waals surface area contributed by atoms with E-state index in [1.54, 1.807) is 7.11 Å². The Kier molecular flexibility index (Phi) is 6.92. The molecule has 19 heavy (non-hydrogen) atoms. The van der Waals surface area contributed by atoms with Crippen molar-refractivity contribution in [2.45, 2.75) is 19.4 Å². The summed E-state index contributed by atoms with van der Waals surface area (Å²) < 4.78 is 5.03. The fourth-order valence-electron chi connectivity index (χ4n) is 1.91. The maximum absolute atomic E-state index is 8.67. The molecule has 0 saturated carbocycles. The van der Waals surface area contributed by atoms with Crippen LogP contribution in [0.1, 0.15) is 24.0 Å². The van der Waals surface area contributed by atoms with Gasteiger partial charge in [-0.1, -0.05) is 23.4 Å². The van der Waals surface area contributed by atoms with Gasteiger partial charge in [-0.2, -0.15) is 0 Å². The van der Waals surface area contributed by atoms with E-state index in [2.05, 4.69) is 17.1 Å². The molecule has 0 aromatic heterocycles. The highest BCUT2D eigenvalue weighted by molar-refractivity contribution is 5.97. The molecule has 0 bridgehead atoms. The normalized spacial score (nSPS) is 12.1. The molecule has 1 rings (SSSR count). The second-order valence-electron chi connectivity index (χ2n) is 4.62. The lowest BCUT2D eigenvalue weighted by atomic mass is 10.1. The lowest BCUT2D eigenvalue weighted by Gasteiger charge is -2.17. The van der Waals surface area contributed by atoms with E-state index in [9.17, 15) is 0 Å². The van der Waals surface area contributed by atoms with Crippen LogP contribution in [0, 0.1) is 0 Å². The highest BCUT2D eigenvalue weighted by Crippen LogP contribution is 2.08. The number of oxime groups is 1. The number of methoxy groups -OCH3 is 1. The van der Waals surface area contributed by atoms with Gasteiger partial charge in [0.15, 0.2) is 5.84 Å². The van der Waals surface area contributed by atoms with Crippen molar-refractivity contribution in [2.24, 2.45) is 10.9 Å². The van der Waals surface area contributed by atoms with Crippen molar-refractivity contribution < 1.29 is 9.94 Å². The molecule has 0 saturated heterocycles. The molecule has 0 radical (unpaired) electrons. The van der Waals surface area contributed by atoms with Crippen molar-refractivity contribution in [1.29, 1.82) is 0 Å². The van der Waals surface area contributed by atoms with Crippen molar-refractivity contribution in [3.63, 3.8) is 0 Å². The fraction of sp³-hybridized carbons (Fsp3) is 0.500. The summed E-state index contributed by atoms with van der Waals surface area (Å²) in [6.45, 7) is 2.68. The second kappa shape index (κ2) is 8.50. The van der Waals surface area contributed by atoms with Gasteiger partial charge >= 0.3 is 0 Å². The first-order valence-corrected chi connectivity index (χ1v) is 6.41. The van der Waals surface area contributed by atoms with Crippen molar-refractivity contribution in [3.05, 3.63) is 35.4 Å². The Bertz CT molecular complexity index is 407. The van der Waals surface area contributed by atoms with Gasteiger partial charge in [0, 0.05) is 25.8 Å². The van der Waals surface area contributed by atoms with Gasteiger partial charge in [-0.25, -0.2) is 0 Å². The van der Waals surface area contributed by atoms with E-state index >= 15 is 0 Å². The summed E-state index contributed by atoms with van der Waals surface area (Å²) in [5.74, 6) is 0.143. The number of rotatable bonds is 8. The molecular weight excluding hydrogens is 242 g/mol. The molecule has 0 spiro atoms. The molecule has 1 aromatic carbocycles. The minimum atomic E-state index is 0.143. The predicted octanol–water partition coefficient (Wildman–Crippen LogP) is 1.64. The molecule has 0 heterocycles. The fourth-order valence-corrected chi connectivity index (χ4v) is 1.91. The first kappa shape index (κ1) is 15.5. The van der Waals surface area contributed by atoms with Crippen LogP contribution in [0.15, 0.2) is 29.4 Å². The minimum absolute atomic E-state index is 0.143. The van der Waals surface area contributed by atoms with E-state index in [-0.39, 0.29) is 5.84 Å². The summed E-state index contributed by atoms with van der Waals surface area (Å²) in [4.78, 5) is 2.25. The smallest absolute Gasteiger partial charge is 0.170 e. The summed E-state index contributed by atoms with van der Waals surface area (Å²) >= 11 is 0. The lowest BCUT2D eigenvalue weighted by Crippen LogP contribution is -2.20. The van der Waals surface area contributed by atoms with E-state index in [1.165, 1.54) is 0 Å². The Morgan fingerprint density at radius 2 is 2.21 bits per heavy atom. The van der Waals surface area contributed by atoms with Gasteiger partial charge in [0.1, 0.15) is 0 Å². The molecule has 106 valence electrons.